The lowest BCUT2D eigenvalue weighted by Gasteiger charge is -2.17. The molecule has 0 bridgehead atoms. The first-order valence-corrected chi connectivity index (χ1v) is 7.91. The van der Waals surface area contributed by atoms with Crippen LogP contribution < -0.4 is 14.8 Å². The van der Waals surface area contributed by atoms with E-state index in [1.54, 1.807) is 30.3 Å². The standard InChI is InChI=1S/C18H16ClNO4/c1-11-8-13(19)3-6-16(11)24-18(22)10-23-14-4-5-15-12(9-14)2-7-17(21)20-15/h3-6,8-9H,2,7,10H2,1H3,(H,20,21). The average Bonchev–Trinajstić information content (AvgIpc) is 2.55. The van der Waals surface area contributed by atoms with Crippen molar-refractivity contribution in [1.29, 1.82) is 0 Å². The summed E-state index contributed by atoms with van der Waals surface area (Å²) in [6.07, 6.45) is 1.11. The van der Waals surface area contributed by atoms with Crippen LogP contribution in [0.25, 0.3) is 0 Å². The topological polar surface area (TPSA) is 64.6 Å². The van der Waals surface area contributed by atoms with Crippen molar-refractivity contribution in [2.75, 3.05) is 11.9 Å². The Morgan fingerprint density at radius 1 is 1.21 bits per heavy atom. The number of carbonyl (C=O) groups is 2. The fraction of sp³-hybridized carbons (Fsp3) is 0.222. The zero-order valence-electron chi connectivity index (χ0n) is 13.1. The van der Waals surface area contributed by atoms with Crippen molar-refractivity contribution >= 4 is 29.2 Å². The molecular weight excluding hydrogens is 330 g/mol. The molecule has 0 fully saturated rings. The van der Waals surface area contributed by atoms with E-state index >= 15 is 0 Å². The number of carbonyl (C=O) groups excluding carboxylic acids is 2. The van der Waals surface area contributed by atoms with Gasteiger partial charge in [0.1, 0.15) is 11.5 Å². The Labute approximate surface area is 144 Å². The number of halogens is 1. The largest absolute Gasteiger partial charge is 0.482 e. The maximum absolute atomic E-state index is 11.9. The van der Waals surface area contributed by atoms with Gasteiger partial charge in [0.05, 0.1) is 0 Å². The van der Waals surface area contributed by atoms with E-state index < -0.39 is 5.97 Å². The Hall–Kier alpha value is -2.53. The molecule has 3 rings (SSSR count). The molecule has 0 radical (unpaired) electrons. The van der Waals surface area contributed by atoms with Crippen LogP contribution in [0.3, 0.4) is 0 Å². The number of nitrogens with one attached hydrogen (secondary N) is 1. The second-order valence-corrected chi connectivity index (χ2v) is 5.98. The van der Waals surface area contributed by atoms with Gasteiger partial charge in [-0.3, -0.25) is 4.79 Å². The third-order valence-corrected chi connectivity index (χ3v) is 3.92. The predicted molar refractivity (Wildman–Crippen MR) is 90.7 cm³/mol. The molecule has 6 heteroatoms. The van der Waals surface area contributed by atoms with Crippen molar-refractivity contribution in [2.24, 2.45) is 0 Å². The van der Waals surface area contributed by atoms with Gasteiger partial charge in [-0.15, -0.1) is 0 Å². The number of anilines is 1. The number of benzene rings is 2. The van der Waals surface area contributed by atoms with Crippen molar-refractivity contribution < 1.29 is 19.1 Å². The molecule has 0 saturated heterocycles. The zero-order valence-corrected chi connectivity index (χ0v) is 13.9. The van der Waals surface area contributed by atoms with E-state index in [9.17, 15) is 9.59 Å². The summed E-state index contributed by atoms with van der Waals surface area (Å²) in [6, 6.07) is 10.4. The Balaban J connectivity index is 1.59. The summed E-state index contributed by atoms with van der Waals surface area (Å²) in [7, 11) is 0. The number of amides is 1. The van der Waals surface area contributed by atoms with Crippen LogP contribution in [0.5, 0.6) is 11.5 Å². The molecular formula is C18H16ClNO4. The van der Waals surface area contributed by atoms with E-state index in [4.69, 9.17) is 21.1 Å². The van der Waals surface area contributed by atoms with E-state index in [1.165, 1.54) is 0 Å². The number of esters is 1. The van der Waals surface area contributed by atoms with Crippen LogP contribution in [0.4, 0.5) is 5.69 Å². The van der Waals surface area contributed by atoms with Crippen molar-refractivity contribution in [3.05, 3.63) is 52.5 Å². The highest BCUT2D eigenvalue weighted by Crippen LogP contribution is 2.27. The van der Waals surface area contributed by atoms with Crippen molar-refractivity contribution in [3.8, 4) is 11.5 Å². The molecule has 1 N–H and O–H groups in total. The molecule has 0 aliphatic carbocycles. The van der Waals surface area contributed by atoms with Crippen molar-refractivity contribution in [2.45, 2.75) is 19.8 Å². The summed E-state index contributed by atoms with van der Waals surface area (Å²) < 4.78 is 10.8. The van der Waals surface area contributed by atoms with Crippen LogP contribution in [-0.4, -0.2) is 18.5 Å². The van der Waals surface area contributed by atoms with Crippen LogP contribution in [0.1, 0.15) is 17.5 Å². The minimum Gasteiger partial charge on any atom is -0.482 e. The van der Waals surface area contributed by atoms with Gasteiger partial charge in [0.25, 0.3) is 0 Å². The fourth-order valence-electron chi connectivity index (χ4n) is 2.47. The molecule has 1 aliphatic heterocycles. The number of aryl methyl sites for hydroxylation is 2. The number of rotatable bonds is 4. The molecule has 124 valence electrons. The monoisotopic (exact) mass is 345 g/mol. The van der Waals surface area contributed by atoms with E-state index in [1.807, 2.05) is 13.0 Å². The van der Waals surface area contributed by atoms with Gasteiger partial charge in [-0.05, 0) is 60.9 Å². The lowest BCUT2D eigenvalue weighted by Crippen LogP contribution is -2.20. The lowest BCUT2D eigenvalue weighted by atomic mass is 10.0. The normalized spacial score (nSPS) is 13.0. The second kappa shape index (κ2) is 6.93. The van der Waals surface area contributed by atoms with Gasteiger partial charge in [0.2, 0.25) is 5.91 Å². The summed E-state index contributed by atoms with van der Waals surface area (Å²) in [5.41, 5.74) is 2.56. The summed E-state index contributed by atoms with van der Waals surface area (Å²) in [5.74, 6) is 0.542. The molecule has 5 nitrogen and oxygen atoms in total. The quantitative estimate of drug-likeness (QED) is 0.680. The smallest absolute Gasteiger partial charge is 0.349 e. The highest BCUT2D eigenvalue weighted by Gasteiger charge is 2.15. The van der Waals surface area contributed by atoms with Gasteiger partial charge in [0, 0.05) is 17.1 Å². The van der Waals surface area contributed by atoms with Gasteiger partial charge >= 0.3 is 5.97 Å². The van der Waals surface area contributed by atoms with Crippen molar-refractivity contribution in [3.63, 3.8) is 0 Å². The maximum Gasteiger partial charge on any atom is 0.349 e. The first kappa shape index (κ1) is 16.3. The highest BCUT2D eigenvalue weighted by atomic mass is 35.5. The number of hydrogen-bond donors (Lipinski definition) is 1. The number of hydrogen-bond acceptors (Lipinski definition) is 4. The third-order valence-electron chi connectivity index (χ3n) is 3.69. The van der Waals surface area contributed by atoms with Crippen molar-refractivity contribution in [1.82, 2.24) is 0 Å². The first-order chi connectivity index (χ1) is 11.5. The average molecular weight is 346 g/mol. The molecule has 0 saturated carbocycles. The summed E-state index contributed by atoms with van der Waals surface area (Å²) in [5, 5.41) is 3.39. The second-order valence-electron chi connectivity index (χ2n) is 5.54. The van der Waals surface area contributed by atoms with Gasteiger partial charge in [0.15, 0.2) is 6.61 Å². The molecule has 24 heavy (non-hydrogen) atoms. The zero-order chi connectivity index (χ0) is 17.1. The maximum atomic E-state index is 11.9. The summed E-state index contributed by atoms with van der Waals surface area (Å²) in [6.45, 7) is 1.61. The molecule has 1 amide bonds. The van der Waals surface area contributed by atoms with Gasteiger partial charge in [-0.2, -0.15) is 0 Å². The van der Waals surface area contributed by atoms with E-state index in [-0.39, 0.29) is 12.5 Å². The predicted octanol–water partition coefficient (Wildman–Crippen LogP) is 3.52. The van der Waals surface area contributed by atoms with Crippen LogP contribution >= 0.6 is 11.6 Å². The Morgan fingerprint density at radius 2 is 2.04 bits per heavy atom. The van der Waals surface area contributed by atoms with Crippen LogP contribution in [0.2, 0.25) is 5.02 Å². The Bertz CT molecular complexity index is 804. The van der Waals surface area contributed by atoms with E-state index in [2.05, 4.69) is 5.32 Å². The summed E-state index contributed by atoms with van der Waals surface area (Å²) >= 11 is 5.87. The lowest BCUT2D eigenvalue weighted by molar-refractivity contribution is -0.136. The first-order valence-electron chi connectivity index (χ1n) is 7.54. The minimum absolute atomic E-state index is 0.0121. The van der Waals surface area contributed by atoms with Gasteiger partial charge < -0.3 is 14.8 Å². The van der Waals surface area contributed by atoms with E-state index in [0.29, 0.717) is 29.4 Å². The Morgan fingerprint density at radius 3 is 2.83 bits per heavy atom. The van der Waals surface area contributed by atoms with Crippen LogP contribution in [-0.2, 0) is 16.0 Å². The van der Waals surface area contributed by atoms with Crippen LogP contribution in [0, 0.1) is 6.92 Å². The minimum atomic E-state index is -0.494. The molecule has 0 aromatic heterocycles. The molecule has 2 aromatic rings. The number of fused-ring (bicyclic) bond motifs is 1. The highest BCUT2D eigenvalue weighted by molar-refractivity contribution is 6.30. The SMILES string of the molecule is Cc1cc(Cl)ccc1OC(=O)COc1ccc2c(c1)CCC(=O)N2. The Kier molecular flexibility index (Phi) is 4.71. The number of ether oxygens (including phenoxy) is 2. The molecule has 1 heterocycles. The van der Waals surface area contributed by atoms with E-state index in [0.717, 1.165) is 16.8 Å². The molecule has 1 aliphatic rings. The molecule has 0 spiro atoms. The van der Waals surface area contributed by atoms with Gasteiger partial charge in [-0.1, -0.05) is 11.6 Å². The molecule has 0 atom stereocenters. The fourth-order valence-corrected chi connectivity index (χ4v) is 2.70. The van der Waals surface area contributed by atoms with Gasteiger partial charge in [-0.25, -0.2) is 4.79 Å². The summed E-state index contributed by atoms with van der Waals surface area (Å²) in [4.78, 5) is 23.3. The van der Waals surface area contributed by atoms with Crippen LogP contribution in [0.15, 0.2) is 36.4 Å². The molecule has 0 unspecified atom stereocenters. The molecule has 2 aromatic carbocycles. The third kappa shape index (κ3) is 3.86.